The highest BCUT2D eigenvalue weighted by Crippen LogP contribution is 2.47. The summed E-state index contributed by atoms with van der Waals surface area (Å²) in [6, 6.07) is 8.08. The third kappa shape index (κ3) is 3.44. The van der Waals surface area contributed by atoms with Gasteiger partial charge in [0.1, 0.15) is 33.7 Å². The van der Waals surface area contributed by atoms with Crippen LogP contribution in [0.3, 0.4) is 0 Å². The number of carbonyl (C=O) groups excluding carboxylic acids is 1. The number of aliphatic imine (C=N–C) groups is 1. The predicted octanol–water partition coefficient (Wildman–Crippen LogP) is 3.43. The van der Waals surface area contributed by atoms with Crippen LogP contribution in [0.2, 0.25) is 0 Å². The molecule has 0 spiro atoms. The second-order valence-corrected chi connectivity index (χ2v) is 12.3. The second-order valence-electron chi connectivity index (χ2n) is 9.27. The standard InChI is InChI=1S/C24H26FN5O2S/c1-14-9-16(12-26)13-28-21(14)19(31)11-15-5-6-18(25)17(10-15)24(4)20-7-8-29-33(20,32)23(2,3)22(27)30-24/h5-6,9-10,13,20H,7-8,11H2,1-4H3,(H2,27,30)/t20-,24+,33+/m0/s1. The molecule has 3 atom stereocenters. The molecule has 0 aliphatic carbocycles. The molecule has 7 nitrogen and oxygen atoms in total. The topological polar surface area (TPSA) is 122 Å². The van der Waals surface area contributed by atoms with Crippen LogP contribution in [-0.2, 0) is 21.7 Å². The van der Waals surface area contributed by atoms with Crippen LogP contribution < -0.4 is 5.73 Å². The van der Waals surface area contributed by atoms with Crippen LogP contribution in [0.5, 0.6) is 0 Å². The minimum Gasteiger partial charge on any atom is -0.386 e. The molecule has 2 aliphatic rings. The summed E-state index contributed by atoms with van der Waals surface area (Å²) in [5, 5.41) is 8.52. The third-order valence-electron chi connectivity index (χ3n) is 6.80. The van der Waals surface area contributed by atoms with Crippen molar-refractivity contribution in [1.82, 2.24) is 4.98 Å². The van der Waals surface area contributed by atoms with Crippen LogP contribution in [0.15, 0.2) is 39.8 Å². The van der Waals surface area contributed by atoms with E-state index in [1.807, 2.05) is 6.07 Å². The van der Waals surface area contributed by atoms with Gasteiger partial charge in [0.25, 0.3) is 0 Å². The first-order valence-electron chi connectivity index (χ1n) is 10.7. The van der Waals surface area contributed by atoms with Gasteiger partial charge in [0.15, 0.2) is 5.78 Å². The zero-order valence-corrected chi connectivity index (χ0v) is 19.9. The van der Waals surface area contributed by atoms with Crippen molar-refractivity contribution < 1.29 is 13.4 Å². The fraction of sp³-hybridized carbons (Fsp3) is 0.417. The summed E-state index contributed by atoms with van der Waals surface area (Å²) < 4.78 is 32.6. The van der Waals surface area contributed by atoms with E-state index in [0.29, 0.717) is 29.7 Å². The van der Waals surface area contributed by atoms with Crippen molar-refractivity contribution in [2.75, 3.05) is 6.54 Å². The van der Waals surface area contributed by atoms with Crippen LogP contribution >= 0.6 is 0 Å². The molecule has 0 bridgehead atoms. The molecule has 0 saturated heterocycles. The largest absolute Gasteiger partial charge is 0.386 e. The molecule has 0 radical (unpaired) electrons. The highest BCUT2D eigenvalue weighted by molar-refractivity contribution is 7.96. The molecule has 2 aromatic rings. The Hall–Kier alpha value is -3.12. The van der Waals surface area contributed by atoms with Gasteiger partial charge in [-0.25, -0.2) is 13.0 Å². The number of halogens is 1. The van der Waals surface area contributed by atoms with Crippen LogP contribution in [0.4, 0.5) is 4.39 Å². The number of aromatic nitrogens is 1. The number of aryl methyl sites for hydroxylation is 1. The molecule has 0 amide bonds. The maximum absolute atomic E-state index is 15.1. The number of rotatable bonds is 4. The van der Waals surface area contributed by atoms with Gasteiger partial charge in [0.05, 0.1) is 20.5 Å². The number of Topliss-reactive ketones (excluding diaryl/α,β-unsaturated/α-hetero) is 1. The van der Waals surface area contributed by atoms with E-state index in [9.17, 15) is 9.00 Å². The van der Waals surface area contributed by atoms with E-state index >= 15 is 4.39 Å². The Morgan fingerprint density at radius 1 is 1.33 bits per heavy atom. The molecular formula is C24H26FN5O2S. The molecule has 1 aromatic carbocycles. The van der Waals surface area contributed by atoms with Crippen LogP contribution in [-0.4, -0.2) is 37.4 Å². The van der Waals surface area contributed by atoms with Gasteiger partial charge in [-0.15, -0.1) is 0 Å². The van der Waals surface area contributed by atoms with Gasteiger partial charge >= 0.3 is 0 Å². The third-order valence-corrected chi connectivity index (χ3v) is 10.5. The lowest BCUT2D eigenvalue weighted by Gasteiger charge is -2.44. The SMILES string of the molecule is Cc1cc(C#N)cnc1C(=O)Cc1ccc(F)c([C@@]2(C)N=C(N)C(C)(C)[S@@]3(=O)=NCC[C@@H]23)c1. The van der Waals surface area contributed by atoms with Gasteiger partial charge in [-0.2, -0.15) is 5.26 Å². The van der Waals surface area contributed by atoms with Crippen molar-refractivity contribution in [2.24, 2.45) is 15.1 Å². The molecule has 3 heterocycles. The van der Waals surface area contributed by atoms with Gasteiger partial charge in [0.2, 0.25) is 0 Å². The summed E-state index contributed by atoms with van der Waals surface area (Å²) in [5.74, 6) is -0.548. The number of nitrogens with two attached hydrogens (primary N) is 1. The molecule has 9 heteroatoms. The van der Waals surface area contributed by atoms with E-state index < -0.39 is 31.1 Å². The number of carbonyl (C=O) groups is 1. The number of ketones is 1. The Balaban J connectivity index is 1.75. The highest BCUT2D eigenvalue weighted by Gasteiger charge is 2.56. The first-order chi connectivity index (χ1) is 15.4. The van der Waals surface area contributed by atoms with Crippen molar-refractivity contribution in [3.8, 4) is 6.07 Å². The van der Waals surface area contributed by atoms with Gasteiger partial charge in [-0.3, -0.25) is 14.8 Å². The minimum atomic E-state index is -2.79. The average molecular weight is 468 g/mol. The smallest absolute Gasteiger partial charge is 0.185 e. The van der Waals surface area contributed by atoms with E-state index in [-0.39, 0.29) is 29.3 Å². The number of hydrogen-bond donors (Lipinski definition) is 1. The number of benzene rings is 1. The zero-order valence-electron chi connectivity index (χ0n) is 19.1. The molecular weight excluding hydrogens is 441 g/mol. The summed E-state index contributed by atoms with van der Waals surface area (Å²) in [4.78, 5) is 21.7. The number of pyridine rings is 1. The van der Waals surface area contributed by atoms with Gasteiger partial charge in [-0.05, 0) is 63.4 Å². The van der Waals surface area contributed by atoms with E-state index in [0.717, 1.165) is 0 Å². The molecule has 0 fully saturated rings. The van der Waals surface area contributed by atoms with Crippen molar-refractivity contribution in [1.29, 1.82) is 5.26 Å². The summed E-state index contributed by atoms with van der Waals surface area (Å²) in [6.07, 6.45) is 1.88. The van der Waals surface area contributed by atoms with E-state index in [4.69, 9.17) is 11.0 Å². The Labute approximate surface area is 193 Å². The van der Waals surface area contributed by atoms with Crippen molar-refractivity contribution in [3.05, 3.63) is 64.2 Å². The first-order valence-corrected chi connectivity index (χ1v) is 12.3. The molecule has 1 aromatic heterocycles. The van der Waals surface area contributed by atoms with Crippen molar-refractivity contribution in [3.63, 3.8) is 0 Å². The fourth-order valence-corrected chi connectivity index (χ4v) is 7.93. The summed E-state index contributed by atoms with van der Waals surface area (Å²) >= 11 is 0. The average Bonchev–Trinajstić information content (AvgIpc) is 3.18. The van der Waals surface area contributed by atoms with Crippen LogP contribution in [0, 0.1) is 24.1 Å². The predicted molar refractivity (Wildman–Crippen MR) is 125 cm³/mol. The molecule has 0 unspecified atom stereocenters. The monoisotopic (exact) mass is 467 g/mol. The molecule has 172 valence electrons. The molecule has 4 rings (SSSR count). The van der Waals surface area contributed by atoms with E-state index in [1.54, 1.807) is 45.9 Å². The second kappa shape index (κ2) is 7.73. The Kier molecular flexibility index (Phi) is 5.40. The number of nitriles is 1. The van der Waals surface area contributed by atoms with Crippen LogP contribution in [0.1, 0.15) is 59.9 Å². The molecule has 2 aliphatic heterocycles. The van der Waals surface area contributed by atoms with Gasteiger partial charge < -0.3 is 5.73 Å². The lowest BCUT2D eigenvalue weighted by atomic mass is 9.84. The van der Waals surface area contributed by atoms with E-state index in [2.05, 4.69) is 14.3 Å². The molecule has 33 heavy (non-hydrogen) atoms. The highest BCUT2D eigenvalue weighted by atomic mass is 32.2. The summed E-state index contributed by atoms with van der Waals surface area (Å²) in [7, 11) is -2.79. The van der Waals surface area contributed by atoms with Gasteiger partial charge in [-0.1, -0.05) is 6.07 Å². The fourth-order valence-electron chi connectivity index (χ4n) is 4.77. The summed E-state index contributed by atoms with van der Waals surface area (Å²) in [5.41, 5.74) is 7.18. The van der Waals surface area contributed by atoms with Gasteiger partial charge in [0, 0.05) is 24.7 Å². The maximum Gasteiger partial charge on any atom is 0.185 e. The Morgan fingerprint density at radius 2 is 2.06 bits per heavy atom. The van der Waals surface area contributed by atoms with Crippen molar-refractivity contribution >= 4 is 21.3 Å². The molecule has 0 saturated carbocycles. The first kappa shape index (κ1) is 23.1. The zero-order chi connectivity index (χ0) is 24.2. The maximum atomic E-state index is 15.1. The lowest BCUT2D eigenvalue weighted by Crippen LogP contribution is -2.58. The minimum absolute atomic E-state index is 0.00178. The van der Waals surface area contributed by atoms with Crippen molar-refractivity contribution in [2.45, 2.75) is 56.1 Å². The summed E-state index contributed by atoms with van der Waals surface area (Å²) in [6.45, 7) is 7.42. The van der Waals surface area contributed by atoms with E-state index in [1.165, 1.54) is 12.3 Å². The number of hydrogen-bond acceptors (Lipinski definition) is 7. The Morgan fingerprint density at radius 3 is 2.73 bits per heavy atom. The number of amidine groups is 1. The van der Waals surface area contributed by atoms with Crippen LogP contribution in [0.25, 0.3) is 0 Å². The Bertz CT molecular complexity index is 1370. The number of fused-ring (bicyclic) bond motifs is 1. The lowest BCUT2D eigenvalue weighted by molar-refractivity contribution is 0.0987. The quantitative estimate of drug-likeness (QED) is 0.691. The molecule has 2 N–H and O–H groups in total. The number of nitrogens with zero attached hydrogens (tertiary/aromatic N) is 4. The normalized spacial score (nSPS) is 27.8.